The Kier molecular flexibility index (Phi) is 7.51. The highest BCUT2D eigenvalue weighted by Gasteiger charge is 2.32. The summed E-state index contributed by atoms with van der Waals surface area (Å²) in [5, 5.41) is 10.8. The summed E-state index contributed by atoms with van der Waals surface area (Å²) >= 11 is 0. The van der Waals surface area contributed by atoms with Crippen molar-refractivity contribution in [3.63, 3.8) is 0 Å². The Labute approximate surface area is 243 Å². The summed E-state index contributed by atoms with van der Waals surface area (Å²) in [5.41, 5.74) is 2.75. The number of halogens is 3. The van der Waals surface area contributed by atoms with Crippen LogP contribution in [0.5, 0.6) is 0 Å². The maximum atomic E-state index is 15.3. The molecule has 0 spiro atoms. The number of carbonyl (C=O) groups excluding carboxylic acids is 1. The van der Waals surface area contributed by atoms with Gasteiger partial charge < -0.3 is 20.2 Å². The Bertz CT molecular complexity index is 1640. The zero-order chi connectivity index (χ0) is 29.4. The van der Waals surface area contributed by atoms with E-state index in [1.807, 2.05) is 18.2 Å². The van der Waals surface area contributed by atoms with Crippen LogP contribution in [-0.2, 0) is 12.5 Å². The number of aromatic nitrogens is 2. The highest BCUT2D eigenvalue weighted by atomic mass is 19.3. The van der Waals surface area contributed by atoms with E-state index in [1.165, 1.54) is 44.0 Å². The normalized spacial score (nSPS) is 16.1. The van der Waals surface area contributed by atoms with Gasteiger partial charge in [-0.3, -0.25) is 4.79 Å². The van der Waals surface area contributed by atoms with Gasteiger partial charge in [0, 0.05) is 55.0 Å². The Morgan fingerprint density at radius 3 is 2.55 bits per heavy atom. The number of alkyl halides is 2. The summed E-state index contributed by atoms with van der Waals surface area (Å²) in [6.07, 6.45) is 4.65. The second-order valence-corrected chi connectivity index (χ2v) is 11.4. The molecule has 218 valence electrons. The summed E-state index contributed by atoms with van der Waals surface area (Å²) in [6.45, 7) is 3.34. The lowest BCUT2D eigenvalue weighted by atomic mass is 9.95. The molecular formula is C33H34F3N5O. The molecule has 1 aromatic heterocycles. The number of nitrogens with one attached hydrogen (secondary N) is 2. The van der Waals surface area contributed by atoms with Crippen molar-refractivity contribution in [1.82, 2.24) is 14.5 Å². The van der Waals surface area contributed by atoms with Gasteiger partial charge in [-0.2, -0.15) is 0 Å². The van der Waals surface area contributed by atoms with Gasteiger partial charge in [-0.25, -0.2) is 18.2 Å². The molecule has 2 heterocycles. The summed E-state index contributed by atoms with van der Waals surface area (Å²) in [4.78, 5) is 20.1. The number of imidazole rings is 1. The van der Waals surface area contributed by atoms with Crippen LogP contribution < -0.4 is 5.32 Å². The molecule has 1 saturated carbocycles. The number of rotatable bonds is 9. The monoisotopic (exact) mass is 573 g/mol. The quantitative estimate of drug-likeness (QED) is 0.200. The number of carbonyl (C=O) groups is 1. The smallest absolute Gasteiger partial charge is 0.273 e. The van der Waals surface area contributed by atoms with Gasteiger partial charge in [0.05, 0.1) is 22.3 Å². The minimum Gasteiger partial charge on any atom is -0.355 e. The fraction of sp³-hybridized carbons (Fsp3) is 0.364. The van der Waals surface area contributed by atoms with Crippen LogP contribution in [0, 0.1) is 17.1 Å². The Morgan fingerprint density at radius 2 is 1.83 bits per heavy atom. The largest absolute Gasteiger partial charge is 0.355 e. The molecule has 42 heavy (non-hydrogen) atoms. The molecule has 0 radical (unpaired) electrons. The lowest BCUT2D eigenvalue weighted by Gasteiger charge is -2.32. The molecule has 2 N–H and O–H groups in total. The number of para-hydroxylation sites is 2. The van der Waals surface area contributed by atoms with Crippen molar-refractivity contribution in [2.24, 2.45) is 5.92 Å². The maximum absolute atomic E-state index is 15.3. The van der Waals surface area contributed by atoms with Gasteiger partial charge in [-0.05, 0) is 68.0 Å². The first-order valence-electron chi connectivity index (χ1n) is 14.6. The van der Waals surface area contributed by atoms with Gasteiger partial charge in [0.2, 0.25) is 0 Å². The van der Waals surface area contributed by atoms with Crippen LogP contribution in [-0.4, -0.2) is 39.7 Å². The zero-order valence-corrected chi connectivity index (χ0v) is 23.5. The average molecular weight is 574 g/mol. The predicted molar refractivity (Wildman–Crippen MR) is 159 cm³/mol. The first kappa shape index (κ1) is 28.0. The summed E-state index contributed by atoms with van der Waals surface area (Å²) in [5.74, 6) is -2.14. The topological polar surface area (TPSA) is 74.0 Å². The maximum Gasteiger partial charge on any atom is 0.273 e. The highest BCUT2D eigenvalue weighted by Crippen LogP contribution is 2.37. The number of nitrogens with zero attached hydrogens (tertiary/aromatic N) is 3. The predicted octanol–water partition coefficient (Wildman–Crippen LogP) is 7.85. The van der Waals surface area contributed by atoms with E-state index in [4.69, 9.17) is 10.4 Å². The first-order chi connectivity index (χ1) is 20.3. The molecule has 0 bridgehead atoms. The molecule has 1 saturated heterocycles. The van der Waals surface area contributed by atoms with Crippen LogP contribution in [0.25, 0.3) is 11.0 Å². The first-order valence-corrected chi connectivity index (χ1v) is 14.6. The SMILES string of the molecule is CCC(F)(F)c1cccc(Nc2cc(F)c(C(=O)N3CCC(c4nc5ccccc5n4CC4CC4)CC3)cc2C=N)c1. The molecule has 0 unspecified atom stereocenters. The number of hydrogen-bond acceptors (Lipinski definition) is 4. The van der Waals surface area contributed by atoms with Crippen LogP contribution in [0.2, 0.25) is 0 Å². The van der Waals surface area contributed by atoms with E-state index in [9.17, 15) is 13.6 Å². The van der Waals surface area contributed by atoms with Crippen molar-refractivity contribution in [3.05, 3.63) is 89.0 Å². The lowest BCUT2D eigenvalue weighted by molar-refractivity contribution is -0.00823. The third-order valence-electron chi connectivity index (χ3n) is 8.50. The van der Waals surface area contributed by atoms with Crippen LogP contribution in [0.15, 0.2) is 60.7 Å². The molecule has 4 aromatic rings. The molecule has 2 aliphatic rings. The van der Waals surface area contributed by atoms with Gasteiger partial charge in [-0.15, -0.1) is 0 Å². The summed E-state index contributed by atoms with van der Waals surface area (Å²) in [6, 6.07) is 16.5. The molecule has 0 atom stereocenters. The average Bonchev–Trinajstić information content (AvgIpc) is 3.76. The number of anilines is 2. The van der Waals surface area contributed by atoms with Crippen LogP contribution in [0.4, 0.5) is 24.5 Å². The fourth-order valence-corrected chi connectivity index (χ4v) is 5.83. The summed E-state index contributed by atoms with van der Waals surface area (Å²) in [7, 11) is 0. The number of benzene rings is 3. The molecule has 1 aliphatic heterocycles. The number of likely N-dealkylation sites (tertiary alicyclic amines) is 1. The molecular weight excluding hydrogens is 539 g/mol. The fourth-order valence-electron chi connectivity index (χ4n) is 5.83. The van der Waals surface area contributed by atoms with Crippen molar-refractivity contribution < 1.29 is 18.0 Å². The van der Waals surface area contributed by atoms with Crippen molar-refractivity contribution in [3.8, 4) is 0 Å². The highest BCUT2D eigenvalue weighted by molar-refractivity contribution is 5.98. The van der Waals surface area contributed by atoms with E-state index in [-0.39, 0.29) is 34.7 Å². The standard InChI is InChI=1S/C33H34F3N5O/c1-2-33(35,36)24-6-5-7-25(17-24)38-29-18-27(34)26(16-23(29)19-37)32(42)40-14-12-22(13-15-40)31-39-28-8-3-4-9-30(28)41(31)20-21-10-11-21/h3-9,16-19,21-22,37-38H,2,10-15,20H2,1H3. The molecule has 3 aromatic carbocycles. The van der Waals surface area contributed by atoms with E-state index in [1.54, 1.807) is 11.0 Å². The Morgan fingerprint density at radius 1 is 1.07 bits per heavy atom. The molecule has 9 heteroatoms. The Hall–Kier alpha value is -4.14. The van der Waals surface area contributed by atoms with E-state index in [0.717, 1.165) is 48.5 Å². The Balaban J connectivity index is 1.18. The molecule has 6 rings (SSSR count). The van der Waals surface area contributed by atoms with E-state index < -0.39 is 17.6 Å². The summed E-state index contributed by atoms with van der Waals surface area (Å²) < 4.78 is 46.1. The minimum absolute atomic E-state index is 0.107. The molecule has 6 nitrogen and oxygen atoms in total. The van der Waals surface area contributed by atoms with E-state index >= 15 is 4.39 Å². The van der Waals surface area contributed by atoms with Crippen LogP contribution in [0.3, 0.4) is 0 Å². The van der Waals surface area contributed by atoms with Crippen molar-refractivity contribution in [1.29, 1.82) is 5.41 Å². The number of piperidine rings is 1. The van der Waals surface area contributed by atoms with Gasteiger partial charge in [-0.1, -0.05) is 31.2 Å². The third-order valence-corrected chi connectivity index (χ3v) is 8.50. The van der Waals surface area contributed by atoms with Crippen LogP contribution in [0.1, 0.15) is 72.3 Å². The minimum atomic E-state index is -2.99. The number of fused-ring (bicyclic) bond motifs is 1. The van der Waals surface area contributed by atoms with Gasteiger partial charge >= 0.3 is 0 Å². The van der Waals surface area contributed by atoms with Gasteiger partial charge in [0.1, 0.15) is 11.6 Å². The molecule has 2 fully saturated rings. The van der Waals surface area contributed by atoms with Gasteiger partial charge in [0.25, 0.3) is 11.8 Å². The molecule has 1 aliphatic carbocycles. The number of hydrogen-bond donors (Lipinski definition) is 2. The van der Waals surface area contributed by atoms with Crippen LogP contribution >= 0.6 is 0 Å². The number of amides is 1. The van der Waals surface area contributed by atoms with E-state index in [0.29, 0.717) is 24.7 Å². The second-order valence-electron chi connectivity index (χ2n) is 11.4. The second kappa shape index (κ2) is 11.3. The van der Waals surface area contributed by atoms with Crippen molar-refractivity contribution >= 4 is 34.5 Å². The van der Waals surface area contributed by atoms with E-state index in [2.05, 4.69) is 16.0 Å². The lowest BCUT2D eigenvalue weighted by Crippen LogP contribution is -2.38. The van der Waals surface area contributed by atoms with Crippen molar-refractivity contribution in [2.75, 3.05) is 18.4 Å². The molecule has 1 amide bonds. The van der Waals surface area contributed by atoms with Gasteiger partial charge in [0.15, 0.2) is 0 Å². The van der Waals surface area contributed by atoms with Crippen molar-refractivity contribution in [2.45, 2.75) is 57.4 Å². The zero-order valence-electron chi connectivity index (χ0n) is 23.5. The third kappa shape index (κ3) is 5.52.